The summed E-state index contributed by atoms with van der Waals surface area (Å²) in [6.07, 6.45) is 0. The number of ketones is 2. The summed E-state index contributed by atoms with van der Waals surface area (Å²) >= 11 is 0. The molecule has 120 valence electrons. The number of Topliss-reactive ketones (excluding diaryl/α,β-unsaturated/α-hetero) is 2. The number of fused-ring (bicyclic) bond motifs is 3. The van der Waals surface area contributed by atoms with Gasteiger partial charge in [-0.05, 0) is 40.5 Å². The van der Waals surface area contributed by atoms with Crippen LogP contribution < -0.4 is 0 Å². The molecule has 0 saturated heterocycles. The Labute approximate surface area is 143 Å². The zero-order chi connectivity index (χ0) is 17.6. The maximum absolute atomic E-state index is 12.5. The smallest absolute Gasteiger partial charge is 0.335 e. The van der Waals surface area contributed by atoms with E-state index in [0.717, 1.165) is 22.3 Å². The highest BCUT2D eigenvalue weighted by Gasteiger charge is 2.30. The van der Waals surface area contributed by atoms with E-state index in [9.17, 15) is 14.4 Å². The van der Waals surface area contributed by atoms with E-state index in [2.05, 4.69) is 0 Å². The van der Waals surface area contributed by atoms with Gasteiger partial charge < -0.3 is 5.11 Å². The first-order valence-electron chi connectivity index (χ1n) is 7.72. The Balaban J connectivity index is 1.85. The van der Waals surface area contributed by atoms with Gasteiger partial charge in [-0.3, -0.25) is 9.59 Å². The molecule has 0 aliphatic heterocycles. The Hall–Kier alpha value is -3.53. The van der Waals surface area contributed by atoms with Gasteiger partial charge in [0.2, 0.25) is 11.6 Å². The third-order valence-corrected chi connectivity index (χ3v) is 4.40. The third-order valence-electron chi connectivity index (χ3n) is 4.40. The molecule has 1 aliphatic carbocycles. The first kappa shape index (κ1) is 15.0. The van der Waals surface area contributed by atoms with Crippen LogP contribution in [0.3, 0.4) is 0 Å². The molecule has 0 atom stereocenters. The molecule has 4 rings (SSSR count). The number of hydrogen-bond acceptors (Lipinski definition) is 3. The Morgan fingerprint density at radius 3 is 1.88 bits per heavy atom. The van der Waals surface area contributed by atoms with Gasteiger partial charge in [0.05, 0.1) is 5.56 Å². The van der Waals surface area contributed by atoms with Crippen LogP contribution in [0.5, 0.6) is 0 Å². The highest BCUT2D eigenvalue weighted by Crippen LogP contribution is 2.35. The molecule has 1 aliphatic rings. The van der Waals surface area contributed by atoms with Gasteiger partial charge in [-0.15, -0.1) is 0 Å². The zero-order valence-corrected chi connectivity index (χ0v) is 13.0. The second-order valence-corrected chi connectivity index (χ2v) is 5.85. The Kier molecular flexibility index (Phi) is 3.32. The summed E-state index contributed by atoms with van der Waals surface area (Å²) in [7, 11) is 0. The van der Waals surface area contributed by atoms with Crippen molar-refractivity contribution in [3.05, 3.63) is 83.4 Å². The molecular formula is C21H12O4. The quantitative estimate of drug-likeness (QED) is 0.719. The fourth-order valence-corrected chi connectivity index (χ4v) is 3.11. The van der Waals surface area contributed by atoms with Gasteiger partial charge in [0.25, 0.3) is 0 Å². The largest absolute Gasteiger partial charge is 0.478 e. The standard InChI is InChI=1S/C21H12O4/c22-19-17-4-2-1-3-15(17)16-10-9-14(11-18(16)20(19)23)12-5-7-13(8-6-12)21(24)25/h1-11H,(H,24,25). The lowest BCUT2D eigenvalue weighted by Crippen LogP contribution is -2.21. The molecule has 3 aromatic carbocycles. The molecule has 0 spiro atoms. The maximum atomic E-state index is 12.5. The summed E-state index contributed by atoms with van der Waals surface area (Å²) in [5.41, 5.74) is 4.05. The molecule has 0 aromatic heterocycles. The predicted octanol–water partition coefficient (Wildman–Crippen LogP) is 4.10. The fraction of sp³-hybridized carbons (Fsp3) is 0. The van der Waals surface area contributed by atoms with Crippen molar-refractivity contribution in [2.45, 2.75) is 0 Å². The van der Waals surface area contributed by atoms with Crippen LogP contribution in [-0.4, -0.2) is 22.6 Å². The average Bonchev–Trinajstić information content (AvgIpc) is 2.66. The van der Waals surface area contributed by atoms with Crippen LogP contribution in [0.1, 0.15) is 31.1 Å². The first-order chi connectivity index (χ1) is 12.1. The van der Waals surface area contributed by atoms with Crippen LogP contribution in [0.2, 0.25) is 0 Å². The molecule has 0 radical (unpaired) electrons. The number of aromatic carboxylic acids is 1. The van der Waals surface area contributed by atoms with Crippen LogP contribution in [0.4, 0.5) is 0 Å². The van der Waals surface area contributed by atoms with Gasteiger partial charge in [-0.25, -0.2) is 4.79 Å². The maximum Gasteiger partial charge on any atom is 0.335 e. The predicted molar refractivity (Wildman–Crippen MR) is 92.9 cm³/mol. The van der Waals surface area contributed by atoms with Gasteiger partial charge in [-0.1, -0.05) is 48.5 Å². The number of benzene rings is 3. The number of rotatable bonds is 2. The topological polar surface area (TPSA) is 71.4 Å². The molecule has 0 saturated carbocycles. The van der Waals surface area contributed by atoms with Crippen LogP contribution >= 0.6 is 0 Å². The third kappa shape index (κ3) is 2.35. The monoisotopic (exact) mass is 328 g/mol. The molecule has 0 bridgehead atoms. The lowest BCUT2D eigenvalue weighted by atomic mass is 9.82. The van der Waals surface area contributed by atoms with Crippen molar-refractivity contribution in [3.63, 3.8) is 0 Å². The summed E-state index contributed by atoms with van der Waals surface area (Å²) in [6, 6.07) is 18.9. The molecule has 25 heavy (non-hydrogen) atoms. The molecule has 0 fully saturated rings. The van der Waals surface area contributed by atoms with Crippen molar-refractivity contribution in [1.82, 2.24) is 0 Å². The van der Waals surface area contributed by atoms with Crippen molar-refractivity contribution in [2.24, 2.45) is 0 Å². The molecule has 4 nitrogen and oxygen atoms in total. The van der Waals surface area contributed by atoms with Gasteiger partial charge in [0.15, 0.2) is 0 Å². The van der Waals surface area contributed by atoms with Crippen molar-refractivity contribution in [3.8, 4) is 22.3 Å². The van der Waals surface area contributed by atoms with Crippen molar-refractivity contribution in [2.75, 3.05) is 0 Å². The number of hydrogen-bond donors (Lipinski definition) is 1. The van der Waals surface area contributed by atoms with Crippen molar-refractivity contribution >= 4 is 17.5 Å². The van der Waals surface area contributed by atoms with E-state index in [0.29, 0.717) is 11.1 Å². The van der Waals surface area contributed by atoms with Gasteiger partial charge >= 0.3 is 5.97 Å². The molecule has 4 heteroatoms. The van der Waals surface area contributed by atoms with Gasteiger partial charge in [0, 0.05) is 11.1 Å². The van der Waals surface area contributed by atoms with Crippen LogP contribution in [0, 0.1) is 0 Å². The SMILES string of the molecule is O=C(O)c1ccc(-c2ccc3c(c2)C(=O)C(=O)c2ccccc2-3)cc1. The van der Waals surface area contributed by atoms with Crippen LogP contribution in [-0.2, 0) is 0 Å². The molecule has 0 unspecified atom stereocenters. The summed E-state index contributed by atoms with van der Waals surface area (Å²) in [6.45, 7) is 0. The summed E-state index contributed by atoms with van der Waals surface area (Å²) in [4.78, 5) is 35.8. The first-order valence-corrected chi connectivity index (χ1v) is 7.72. The number of carbonyl (C=O) groups is 3. The minimum atomic E-state index is -0.991. The van der Waals surface area contributed by atoms with E-state index in [1.165, 1.54) is 12.1 Å². The Morgan fingerprint density at radius 2 is 1.20 bits per heavy atom. The lowest BCUT2D eigenvalue weighted by Gasteiger charge is -2.18. The van der Waals surface area contributed by atoms with Crippen LogP contribution in [0.15, 0.2) is 66.7 Å². The minimum absolute atomic E-state index is 0.196. The molecule has 0 amide bonds. The molecule has 1 N–H and O–H groups in total. The number of carboxylic acid groups (broad SMARTS) is 1. The van der Waals surface area contributed by atoms with Gasteiger partial charge in [0.1, 0.15) is 0 Å². The van der Waals surface area contributed by atoms with Crippen LogP contribution in [0.25, 0.3) is 22.3 Å². The van der Waals surface area contributed by atoms with E-state index >= 15 is 0 Å². The Bertz CT molecular complexity index is 1050. The van der Waals surface area contributed by atoms with E-state index < -0.39 is 17.5 Å². The number of carboxylic acids is 1. The van der Waals surface area contributed by atoms with Crippen molar-refractivity contribution in [1.29, 1.82) is 0 Å². The second-order valence-electron chi connectivity index (χ2n) is 5.85. The zero-order valence-electron chi connectivity index (χ0n) is 13.0. The van der Waals surface area contributed by atoms with E-state index in [1.54, 1.807) is 30.3 Å². The molecule has 3 aromatic rings. The van der Waals surface area contributed by atoms with Gasteiger partial charge in [-0.2, -0.15) is 0 Å². The molecular weight excluding hydrogens is 316 g/mol. The summed E-state index contributed by atoms with van der Waals surface area (Å²) in [5.74, 6) is -2.01. The highest BCUT2D eigenvalue weighted by atomic mass is 16.4. The Morgan fingerprint density at radius 1 is 0.640 bits per heavy atom. The second kappa shape index (κ2) is 5.53. The normalized spacial score (nSPS) is 12.5. The van der Waals surface area contributed by atoms with E-state index in [-0.39, 0.29) is 5.56 Å². The van der Waals surface area contributed by atoms with E-state index in [4.69, 9.17) is 5.11 Å². The molecule has 0 heterocycles. The summed E-state index contributed by atoms with van der Waals surface area (Å²) < 4.78 is 0. The van der Waals surface area contributed by atoms with Crippen molar-refractivity contribution < 1.29 is 19.5 Å². The average molecular weight is 328 g/mol. The highest BCUT2D eigenvalue weighted by molar-refractivity contribution is 6.53. The lowest BCUT2D eigenvalue weighted by molar-refractivity contribution is 0.0696. The number of carbonyl (C=O) groups excluding carboxylic acids is 2. The van der Waals surface area contributed by atoms with E-state index in [1.807, 2.05) is 24.3 Å². The minimum Gasteiger partial charge on any atom is -0.478 e. The summed E-state index contributed by atoms with van der Waals surface area (Å²) in [5, 5.41) is 8.98. The fourth-order valence-electron chi connectivity index (χ4n) is 3.11.